The van der Waals surface area contributed by atoms with Crippen LogP contribution in [-0.2, 0) is 10.2 Å². The molecule has 0 amide bonds. The molecule has 0 aliphatic carbocycles. The van der Waals surface area contributed by atoms with Gasteiger partial charge in [0.15, 0.2) is 0 Å². The first-order valence-electron chi connectivity index (χ1n) is 6.17. The Morgan fingerprint density at radius 1 is 1.35 bits per heavy atom. The van der Waals surface area contributed by atoms with Crippen LogP contribution in [0.2, 0.25) is 0 Å². The first-order chi connectivity index (χ1) is 7.83. The molecule has 0 saturated heterocycles. The quantitative estimate of drug-likeness (QED) is 0.653. The van der Waals surface area contributed by atoms with Gasteiger partial charge in [0.05, 0.1) is 0 Å². The van der Waals surface area contributed by atoms with E-state index in [9.17, 15) is 8.42 Å². The van der Waals surface area contributed by atoms with E-state index in [1.807, 2.05) is 6.92 Å². The van der Waals surface area contributed by atoms with Gasteiger partial charge >= 0.3 is 0 Å². The third kappa shape index (κ3) is 6.98. The molecule has 0 saturated carbocycles. The van der Waals surface area contributed by atoms with E-state index in [0.29, 0.717) is 18.9 Å². The van der Waals surface area contributed by atoms with Crippen molar-refractivity contribution < 1.29 is 13.5 Å². The molecule has 2 unspecified atom stereocenters. The lowest BCUT2D eigenvalue weighted by atomic mass is 10.0. The molecule has 0 aromatic rings. The van der Waals surface area contributed by atoms with Gasteiger partial charge in [-0.15, -0.1) is 0 Å². The van der Waals surface area contributed by atoms with Crippen LogP contribution < -0.4 is 4.72 Å². The molecule has 6 heteroatoms. The van der Waals surface area contributed by atoms with Crippen LogP contribution in [0.1, 0.15) is 40.0 Å². The molecule has 2 N–H and O–H groups in total. The minimum atomic E-state index is -3.41. The summed E-state index contributed by atoms with van der Waals surface area (Å²) in [5.41, 5.74) is 0. The van der Waals surface area contributed by atoms with E-state index in [2.05, 4.69) is 18.6 Å². The number of hydrogen-bond acceptors (Lipinski definition) is 3. The summed E-state index contributed by atoms with van der Waals surface area (Å²) in [6, 6.07) is -0.0634. The summed E-state index contributed by atoms with van der Waals surface area (Å²) < 4.78 is 27.6. The fourth-order valence-corrected chi connectivity index (χ4v) is 2.73. The van der Waals surface area contributed by atoms with Crippen molar-refractivity contribution in [1.29, 1.82) is 0 Å². The van der Waals surface area contributed by atoms with Crippen LogP contribution in [0, 0.1) is 5.92 Å². The SMILES string of the molecule is CCC(C)CC(C)NS(=O)(=O)N(C)CCCO. The zero-order valence-electron chi connectivity index (χ0n) is 11.3. The molecule has 0 aliphatic heterocycles. The van der Waals surface area contributed by atoms with E-state index >= 15 is 0 Å². The van der Waals surface area contributed by atoms with Crippen LogP contribution in [0.4, 0.5) is 0 Å². The van der Waals surface area contributed by atoms with Crippen molar-refractivity contribution in [1.82, 2.24) is 9.03 Å². The third-order valence-electron chi connectivity index (χ3n) is 2.84. The molecule has 0 aromatic heterocycles. The molecular formula is C11H26N2O3S. The van der Waals surface area contributed by atoms with Gasteiger partial charge in [-0.2, -0.15) is 17.4 Å². The third-order valence-corrected chi connectivity index (χ3v) is 4.55. The molecule has 0 rings (SSSR count). The van der Waals surface area contributed by atoms with Crippen molar-refractivity contribution >= 4 is 10.2 Å². The Bertz CT molecular complexity index is 293. The maximum Gasteiger partial charge on any atom is 0.279 e. The molecule has 0 fully saturated rings. The Kier molecular flexibility index (Phi) is 7.94. The molecule has 0 radical (unpaired) electrons. The lowest BCUT2D eigenvalue weighted by molar-refractivity contribution is 0.275. The maximum absolute atomic E-state index is 11.8. The molecule has 0 heterocycles. The highest BCUT2D eigenvalue weighted by Crippen LogP contribution is 2.10. The zero-order valence-corrected chi connectivity index (χ0v) is 12.1. The van der Waals surface area contributed by atoms with Gasteiger partial charge in [-0.1, -0.05) is 20.3 Å². The van der Waals surface area contributed by atoms with Crippen LogP contribution in [0.15, 0.2) is 0 Å². The van der Waals surface area contributed by atoms with Crippen molar-refractivity contribution in [3.05, 3.63) is 0 Å². The molecular weight excluding hydrogens is 240 g/mol. The van der Waals surface area contributed by atoms with Crippen LogP contribution in [-0.4, -0.2) is 44.1 Å². The maximum atomic E-state index is 11.8. The molecule has 17 heavy (non-hydrogen) atoms. The van der Waals surface area contributed by atoms with Crippen molar-refractivity contribution in [2.75, 3.05) is 20.2 Å². The summed E-state index contributed by atoms with van der Waals surface area (Å²) >= 11 is 0. The predicted molar refractivity (Wildman–Crippen MR) is 69.9 cm³/mol. The number of nitrogens with zero attached hydrogens (tertiary/aromatic N) is 1. The summed E-state index contributed by atoms with van der Waals surface area (Å²) in [5, 5.41) is 8.67. The Hall–Kier alpha value is -0.170. The van der Waals surface area contributed by atoms with Crippen LogP contribution in [0.25, 0.3) is 0 Å². The highest BCUT2D eigenvalue weighted by Gasteiger charge is 2.20. The zero-order chi connectivity index (χ0) is 13.5. The van der Waals surface area contributed by atoms with E-state index in [4.69, 9.17) is 5.11 Å². The number of rotatable bonds is 9. The largest absolute Gasteiger partial charge is 0.396 e. The minimum Gasteiger partial charge on any atom is -0.396 e. The summed E-state index contributed by atoms with van der Waals surface area (Å²) in [5.74, 6) is 0.510. The first-order valence-corrected chi connectivity index (χ1v) is 7.61. The highest BCUT2D eigenvalue weighted by atomic mass is 32.2. The van der Waals surface area contributed by atoms with Crippen LogP contribution in [0.3, 0.4) is 0 Å². The number of nitrogens with one attached hydrogen (secondary N) is 1. The van der Waals surface area contributed by atoms with Crippen LogP contribution >= 0.6 is 0 Å². The lowest BCUT2D eigenvalue weighted by Gasteiger charge is -2.22. The molecule has 0 aromatic carbocycles. The summed E-state index contributed by atoms with van der Waals surface area (Å²) in [6.07, 6.45) is 2.34. The lowest BCUT2D eigenvalue weighted by Crippen LogP contribution is -2.43. The van der Waals surface area contributed by atoms with E-state index in [1.165, 1.54) is 11.4 Å². The standard InChI is InChI=1S/C11H26N2O3S/c1-5-10(2)9-11(3)12-17(15,16)13(4)7-6-8-14/h10-12,14H,5-9H2,1-4H3. The van der Waals surface area contributed by atoms with E-state index in [0.717, 1.165) is 12.8 Å². The molecule has 0 aliphatic rings. The van der Waals surface area contributed by atoms with E-state index < -0.39 is 10.2 Å². The van der Waals surface area contributed by atoms with Crippen molar-refractivity contribution in [2.24, 2.45) is 5.92 Å². The van der Waals surface area contributed by atoms with E-state index in [-0.39, 0.29) is 12.6 Å². The second-order valence-corrected chi connectivity index (χ2v) is 6.48. The summed E-state index contributed by atoms with van der Waals surface area (Å²) in [7, 11) is -1.89. The van der Waals surface area contributed by atoms with Gasteiger partial charge < -0.3 is 5.11 Å². The van der Waals surface area contributed by atoms with Gasteiger partial charge in [0.1, 0.15) is 0 Å². The van der Waals surface area contributed by atoms with E-state index in [1.54, 1.807) is 0 Å². The normalized spacial score (nSPS) is 16.1. The summed E-state index contributed by atoms with van der Waals surface area (Å²) in [6.45, 7) is 6.42. The minimum absolute atomic E-state index is 0.00226. The molecule has 0 bridgehead atoms. The Balaban J connectivity index is 4.24. The van der Waals surface area contributed by atoms with Gasteiger partial charge in [0, 0.05) is 26.2 Å². The molecule has 0 spiro atoms. The number of aliphatic hydroxyl groups excluding tert-OH is 1. The van der Waals surface area contributed by atoms with Crippen LogP contribution in [0.5, 0.6) is 0 Å². The Labute approximate surface area is 105 Å². The average molecular weight is 266 g/mol. The van der Waals surface area contributed by atoms with Crippen molar-refractivity contribution in [2.45, 2.75) is 46.1 Å². The molecule has 2 atom stereocenters. The van der Waals surface area contributed by atoms with Gasteiger partial charge in [-0.05, 0) is 25.7 Å². The molecule has 104 valence electrons. The summed E-state index contributed by atoms with van der Waals surface area (Å²) in [4.78, 5) is 0. The topological polar surface area (TPSA) is 69.6 Å². The fraction of sp³-hybridized carbons (Fsp3) is 1.00. The highest BCUT2D eigenvalue weighted by molar-refractivity contribution is 7.87. The Morgan fingerprint density at radius 2 is 1.94 bits per heavy atom. The second-order valence-electron chi connectivity index (χ2n) is 4.67. The number of hydrogen-bond donors (Lipinski definition) is 2. The average Bonchev–Trinajstić information content (AvgIpc) is 2.24. The predicted octanol–water partition coefficient (Wildman–Crippen LogP) is 0.960. The van der Waals surface area contributed by atoms with Crippen molar-refractivity contribution in [3.8, 4) is 0 Å². The number of aliphatic hydroxyl groups is 1. The second kappa shape index (κ2) is 8.02. The molecule has 5 nitrogen and oxygen atoms in total. The van der Waals surface area contributed by atoms with Gasteiger partial charge in [0.25, 0.3) is 10.2 Å². The van der Waals surface area contributed by atoms with Gasteiger partial charge in [-0.25, -0.2) is 0 Å². The first kappa shape index (κ1) is 16.8. The van der Waals surface area contributed by atoms with Gasteiger partial charge in [0.2, 0.25) is 0 Å². The fourth-order valence-electron chi connectivity index (χ4n) is 1.58. The smallest absolute Gasteiger partial charge is 0.279 e. The Morgan fingerprint density at radius 3 is 2.41 bits per heavy atom. The van der Waals surface area contributed by atoms with Gasteiger partial charge in [-0.3, -0.25) is 0 Å². The van der Waals surface area contributed by atoms with Crippen molar-refractivity contribution in [3.63, 3.8) is 0 Å². The monoisotopic (exact) mass is 266 g/mol.